The van der Waals surface area contributed by atoms with Crippen LogP contribution in [0.3, 0.4) is 0 Å². The second-order valence-corrected chi connectivity index (χ2v) is 4.62. The summed E-state index contributed by atoms with van der Waals surface area (Å²) in [5, 5.41) is 4.79. The summed E-state index contributed by atoms with van der Waals surface area (Å²) in [6.45, 7) is 0. The maximum absolute atomic E-state index is 12.8. The van der Waals surface area contributed by atoms with Gasteiger partial charge < -0.3 is 0 Å². The molecular formula is C10H3Cl2F6N3. The number of halogens is 8. The highest BCUT2D eigenvalue weighted by molar-refractivity contribution is 6.35. The largest absolute Gasteiger partial charge is 0.452 e. The summed E-state index contributed by atoms with van der Waals surface area (Å²) in [5.41, 5.74) is -0.578. The highest BCUT2D eigenvalue weighted by atomic mass is 35.5. The number of rotatable bonds is 1. The van der Waals surface area contributed by atoms with E-state index >= 15 is 0 Å². The normalized spacial score (nSPS) is 12.8. The van der Waals surface area contributed by atoms with E-state index in [0.29, 0.717) is 0 Å². The van der Waals surface area contributed by atoms with Crippen molar-refractivity contribution in [3.05, 3.63) is 39.9 Å². The van der Waals surface area contributed by atoms with E-state index in [2.05, 4.69) is 10.2 Å². The molecule has 0 amide bonds. The van der Waals surface area contributed by atoms with Gasteiger partial charge in [0.25, 0.3) is 0 Å². The number of hydrogen-bond donors (Lipinski definition) is 0. The van der Waals surface area contributed by atoms with Gasteiger partial charge in [-0.05, 0) is 18.2 Å². The smallest absolute Gasteiger partial charge is 0.266 e. The van der Waals surface area contributed by atoms with Gasteiger partial charge in [0.2, 0.25) is 11.6 Å². The van der Waals surface area contributed by atoms with Crippen molar-refractivity contribution in [2.75, 3.05) is 0 Å². The van der Waals surface area contributed by atoms with Crippen LogP contribution in [0.4, 0.5) is 26.3 Å². The fourth-order valence-corrected chi connectivity index (χ4v) is 2.04. The summed E-state index contributed by atoms with van der Waals surface area (Å²) in [4.78, 5) is 0. The van der Waals surface area contributed by atoms with Gasteiger partial charge in [-0.3, -0.25) is 4.57 Å². The molecular weight excluding hydrogens is 347 g/mol. The molecule has 3 nitrogen and oxygen atoms in total. The lowest BCUT2D eigenvalue weighted by Crippen LogP contribution is -2.19. The molecule has 1 aromatic heterocycles. The Kier molecular flexibility index (Phi) is 3.83. The summed E-state index contributed by atoms with van der Waals surface area (Å²) in [6.07, 6.45) is -10.3. The number of nitrogens with zero attached hydrogens (tertiary/aromatic N) is 3. The van der Waals surface area contributed by atoms with Gasteiger partial charge in [-0.25, -0.2) is 0 Å². The standard InChI is InChI=1S/C10H3Cl2F6N3/c11-4-1-2-6(5(12)3-4)21-7(9(13,14)15)19-20-8(21)10(16,17)18/h1-3H. The lowest BCUT2D eigenvalue weighted by molar-refractivity contribution is -0.152. The van der Waals surface area contributed by atoms with Gasteiger partial charge in [-0.15, -0.1) is 10.2 Å². The summed E-state index contributed by atoms with van der Waals surface area (Å²) in [7, 11) is 0. The van der Waals surface area contributed by atoms with Gasteiger partial charge >= 0.3 is 12.4 Å². The van der Waals surface area contributed by atoms with Crippen LogP contribution in [0, 0.1) is 0 Å². The van der Waals surface area contributed by atoms with E-state index in [1.54, 1.807) is 0 Å². The predicted molar refractivity (Wildman–Crippen MR) is 61.4 cm³/mol. The van der Waals surface area contributed by atoms with E-state index in [1.165, 1.54) is 0 Å². The van der Waals surface area contributed by atoms with Crippen LogP contribution < -0.4 is 0 Å². The van der Waals surface area contributed by atoms with Gasteiger partial charge in [-0.2, -0.15) is 26.3 Å². The molecule has 1 heterocycles. The van der Waals surface area contributed by atoms with Crippen molar-refractivity contribution in [1.29, 1.82) is 0 Å². The van der Waals surface area contributed by atoms with Gasteiger partial charge in [0.05, 0.1) is 10.7 Å². The lowest BCUT2D eigenvalue weighted by Gasteiger charge is -2.14. The number of benzene rings is 1. The third kappa shape index (κ3) is 3.08. The van der Waals surface area contributed by atoms with Crippen molar-refractivity contribution in [3.63, 3.8) is 0 Å². The number of aromatic nitrogens is 3. The molecule has 0 atom stereocenters. The Balaban J connectivity index is 2.78. The summed E-state index contributed by atoms with van der Waals surface area (Å²) in [5.74, 6) is -3.67. The molecule has 114 valence electrons. The Hall–Kier alpha value is -1.48. The molecule has 1 aromatic carbocycles. The summed E-state index contributed by atoms with van der Waals surface area (Å²) in [6, 6.07) is 3.03. The maximum atomic E-state index is 12.8. The molecule has 0 saturated heterocycles. The van der Waals surface area contributed by atoms with Crippen LogP contribution in [0.2, 0.25) is 10.0 Å². The van der Waals surface area contributed by atoms with E-state index in [0.717, 1.165) is 18.2 Å². The maximum Gasteiger partial charge on any atom is 0.452 e. The topological polar surface area (TPSA) is 30.7 Å². The molecule has 0 saturated carbocycles. The first-order chi connectivity index (χ1) is 9.51. The zero-order chi connectivity index (χ0) is 16.0. The van der Waals surface area contributed by atoms with Crippen molar-refractivity contribution in [2.24, 2.45) is 0 Å². The molecule has 2 rings (SSSR count). The van der Waals surface area contributed by atoms with Crippen LogP contribution in [-0.4, -0.2) is 14.8 Å². The fraction of sp³-hybridized carbons (Fsp3) is 0.200. The average Bonchev–Trinajstić information content (AvgIpc) is 2.72. The van der Waals surface area contributed by atoms with E-state index < -0.39 is 34.7 Å². The zero-order valence-corrected chi connectivity index (χ0v) is 11.1. The van der Waals surface area contributed by atoms with Gasteiger partial charge in [0.1, 0.15) is 0 Å². The monoisotopic (exact) mass is 349 g/mol. The van der Waals surface area contributed by atoms with E-state index in [1.807, 2.05) is 0 Å². The Morgan fingerprint density at radius 2 is 1.33 bits per heavy atom. The van der Waals surface area contributed by atoms with E-state index in [9.17, 15) is 26.3 Å². The highest BCUT2D eigenvalue weighted by Crippen LogP contribution is 2.38. The molecule has 0 radical (unpaired) electrons. The Morgan fingerprint density at radius 3 is 1.71 bits per heavy atom. The van der Waals surface area contributed by atoms with Crippen molar-refractivity contribution < 1.29 is 26.3 Å². The van der Waals surface area contributed by atoms with Crippen molar-refractivity contribution in [1.82, 2.24) is 14.8 Å². The zero-order valence-electron chi connectivity index (χ0n) is 9.60. The molecule has 0 aliphatic heterocycles. The van der Waals surface area contributed by atoms with E-state index in [-0.39, 0.29) is 9.59 Å². The quantitative estimate of drug-likeness (QED) is 0.704. The average molecular weight is 350 g/mol. The van der Waals surface area contributed by atoms with Crippen LogP contribution in [0.1, 0.15) is 11.6 Å². The van der Waals surface area contributed by atoms with Crippen LogP contribution in [0.25, 0.3) is 5.69 Å². The first-order valence-corrected chi connectivity index (χ1v) is 5.82. The van der Waals surface area contributed by atoms with Gasteiger partial charge in [0.15, 0.2) is 0 Å². The molecule has 21 heavy (non-hydrogen) atoms. The highest BCUT2D eigenvalue weighted by Gasteiger charge is 2.45. The van der Waals surface area contributed by atoms with Gasteiger partial charge in [-0.1, -0.05) is 23.2 Å². The van der Waals surface area contributed by atoms with Crippen LogP contribution in [0.5, 0.6) is 0 Å². The Morgan fingerprint density at radius 1 is 0.857 bits per heavy atom. The van der Waals surface area contributed by atoms with E-state index in [4.69, 9.17) is 23.2 Å². The summed E-state index contributed by atoms with van der Waals surface area (Å²) < 4.78 is 76.5. The third-order valence-corrected chi connectivity index (χ3v) is 2.86. The fourth-order valence-electron chi connectivity index (χ4n) is 1.54. The molecule has 0 unspecified atom stereocenters. The minimum Gasteiger partial charge on any atom is -0.266 e. The molecule has 0 fully saturated rings. The summed E-state index contributed by atoms with van der Waals surface area (Å²) >= 11 is 11.2. The second kappa shape index (κ2) is 5.06. The van der Waals surface area contributed by atoms with Crippen LogP contribution in [0.15, 0.2) is 18.2 Å². The second-order valence-electron chi connectivity index (χ2n) is 3.77. The molecule has 2 aromatic rings. The molecule has 0 spiro atoms. The SMILES string of the molecule is FC(F)(F)c1nnc(C(F)(F)F)n1-c1ccc(Cl)cc1Cl. The molecule has 0 N–H and O–H groups in total. The first kappa shape index (κ1) is 15.9. The first-order valence-electron chi connectivity index (χ1n) is 5.07. The third-order valence-electron chi connectivity index (χ3n) is 2.32. The van der Waals surface area contributed by atoms with Crippen molar-refractivity contribution >= 4 is 23.2 Å². The van der Waals surface area contributed by atoms with Crippen molar-refractivity contribution in [3.8, 4) is 5.69 Å². The Bertz CT molecular complexity index is 645. The molecule has 11 heteroatoms. The molecule has 0 aliphatic carbocycles. The molecule has 0 aliphatic rings. The minimum atomic E-state index is -5.14. The minimum absolute atomic E-state index is 0.0546. The predicted octanol–water partition coefficient (Wildman–Crippen LogP) is 4.61. The number of alkyl halides is 6. The molecule has 0 bridgehead atoms. The lowest BCUT2D eigenvalue weighted by atomic mass is 10.3. The van der Waals surface area contributed by atoms with Crippen LogP contribution >= 0.6 is 23.2 Å². The number of hydrogen-bond acceptors (Lipinski definition) is 2. The van der Waals surface area contributed by atoms with Crippen molar-refractivity contribution in [2.45, 2.75) is 12.4 Å². The van der Waals surface area contributed by atoms with Gasteiger partial charge in [0, 0.05) is 5.02 Å². The van der Waals surface area contributed by atoms with Crippen LogP contribution in [-0.2, 0) is 12.4 Å². The Labute approximate surface area is 123 Å².